The van der Waals surface area contributed by atoms with Gasteiger partial charge in [-0.1, -0.05) is 31.2 Å². The Morgan fingerprint density at radius 3 is 2.61 bits per heavy atom. The van der Waals surface area contributed by atoms with Crippen molar-refractivity contribution in [1.29, 1.82) is 0 Å². The SMILES string of the molecule is CCc1ccc(CC(O)c2ccccc2F)nc1. The Bertz CT molecular complexity index is 510. The summed E-state index contributed by atoms with van der Waals surface area (Å²) < 4.78 is 13.5. The molecule has 1 heterocycles. The van der Waals surface area contributed by atoms with Crippen LogP contribution in [-0.2, 0) is 12.8 Å². The first-order valence-corrected chi connectivity index (χ1v) is 6.07. The van der Waals surface area contributed by atoms with E-state index in [0.717, 1.165) is 17.7 Å². The van der Waals surface area contributed by atoms with Gasteiger partial charge in [-0.25, -0.2) is 4.39 Å². The molecule has 0 amide bonds. The largest absolute Gasteiger partial charge is 0.388 e. The number of aliphatic hydroxyl groups is 1. The normalized spacial score (nSPS) is 12.4. The van der Waals surface area contributed by atoms with Crippen LogP contribution in [0, 0.1) is 5.82 Å². The average Bonchev–Trinajstić information content (AvgIpc) is 2.40. The van der Waals surface area contributed by atoms with E-state index in [1.54, 1.807) is 24.4 Å². The van der Waals surface area contributed by atoms with Gasteiger partial charge in [0.1, 0.15) is 5.82 Å². The fraction of sp³-hybridized carbons (Fsp3) is 0.267. The lowest BCUT2D eigenvalue weighted by Crippen LogP contribution is -2.05. The van der Waals surface area contributed by atoms with Crippen LogP contribution in [0.25, 0.3) is 0 Å². The number of nitrogens with zero attached hydrogens (tertiary/aromatic N) is 1. The first-order valence-electron chi connectivity index (χ1n) is 6.07. The minimum atomic E-state index is -0.855. The molecule has 0 radical (unpaired) electrons. The first kappa shape index (κ1) is 12.7. The van der Waals surface area contributed by atoms with Gasteiger partial charge in [0.25, 0.3) is 0 Å². The molecule has 1 aromatic carbocycles. The van der Waals surface area contributed by atoms with Crippen molar-refractivity contribution < 1.29 is 9.50 Å². The number of halogens is 1. The summed E-state index contributed by atoms with van der Waals surface area (Å²) in [5.41, 5.74) is 2.24. The molecule has 0 bridgehead atoms. The molecule has 0 aliphatic carbocycles. The molecule has 0 saturated carbocycles. The Morgan fingerprint density at radius 2 is 2.00 bits per heavy atom. The summed E-state index contributed by atoms with van der Waals surface area (Å²) >= 11 is 0. The smallest absolute Gasteiger partial charge is 0.129 e. The molecule has 2 nitrogen and oxygen atoms in total. The van der Waals surface area contributed by atoms with Gasteiger partial charge >= 0.3 is 0 Å². The van der Waals surface area contributed by atoms with Crippen LogP contribution in [0.4, 0.5) is 4.39 Å². The van der Waals surface area contributed by atoms with Crippen molar-refractivity contribution in [3.63, 3.8) is 0 Å². The summed E-state index contributed by atoms with van der Waals surface area (Å²) in [4.78, 5) is 4.26. The van der Waals surface area contributed by atoms with E-state index in [1.165, 1.54) is 6.07 Å². The molecule has 0 fully saturated rings. The molecule has 1 unspecified atom stereocenters. The Hall–Kier alpha value is -1.74. The third kappa shape index (κ3) is 2.93. The second-order valence-corrected chi connectivity index (χ2v) is 4.25. The summed E-state index contributed by atoms with van der Waals surface area (Å²) in [6, 6.07) is 10.1. The number of benzene rings is 1. The van der Waals surface area contributed by atoms with Gasteiger partial charge in [0, 0.05) is 23.9 Å². The molecule has 1 N–H and O–H groups in total. The molecular weight excluding hydrogens is 229 g/mol. The summed E-state index contributed by atoms with van der Waals surface area (Å²) in [5.74, 6) is -0.379. The van der Waals surface area contributed by atoms with Crippen LogP contribution in [0.15, 0.2) is 42.6 Å². The maximum atomic E-state index is 13.5. The molecule has 18 heavy (non-hydrogen) atoms. The number of rotatable bonds is 4. The molecule has 0 aliphatic rings. The van der Waals surface area contributed by atoms with Crippen LogP contribution >= 0.6 is 0 Å². The molecule has 0 saturated heterocycles. The van der Waals surface area contributed by atoms with E-state index in [1.807, 2.05) is 12.1 Å². The average molecular weight is 245 g/mol. The highest BCUT2D eigenvalue weighted by molar-refractivity contribution is 5.22. The lowest BCUT2D eigenvalue weighted by molar-refractivity contribution is 0.172. The van der Waals surface area contributed by atoms with Gasteiger partial charge in [0.05, 0.1) is 6.10 Å². The Balaban J connectivity index is 2.11. The third-order valence-corrected chi connectivity index (χ3v) is 2.96. The van der Waals surface area contributed by atoms with Crippen molar-refractivity contribution in [3.05, 3.63) is 65.2 Å². The molecular formula is C15H16FNO. The van der Waals surface area contributed by atoms with Gasteiger partial charge in [-0.3, -0.25) is 4.98 Å². The number of aryl methyl sites for hydroxylation is 1. The van der Waals surface area contributed by atoms with Crippen LogP contribution in [0.2, 0.25) is 0 Å². The molecule has 2 aromatic rings. The van der Waals surface area contributed by atoms with Gasteiger partial charge in [0.15, 0.2) is 0 Å². The fourth-order valence-electron chi connectivity index (χ4n) is 1.84. The molecule has 1 aromatic heterocycles. The van der Waals surface area contributed by atoms with Crippen molar-refractivity contribution in [2.24, 2.45) is 0 Å². The second kappa shape index (κ2) is 5.74. The zero-order valence-electron chi connectivity index (χ0n) is 10.3. The van der Waals surface area contributed by atoms with Crippen LogP contribution in [0.5, 0.6) is 0 Å². The molecule has 94 valence electrons. The quantitative estimate of drug-likeness (QED) is 0.898. The zero-order chi connectivity index (χ0) is 13.0. The second-order valence-electron chi connectivity index (χ2n) is 4.25. The summed E-state index contributed by atoms with van der Waals surface area (Å²) in [7, 11) is 0. The standard InChI is InChI=1S/C15H16FNO/c1-2-11-7-8-12(17-10-11)9-15(18)13-5-3-4-6-14(13)16/h3-8,10,15,18H,2,9H2,1H3. The minimum Gasteiger partial charge on any atom is -0.388 e. The molecule has 0 spiro atoms. The van der Waals surface area contributed by atoms with Gasteiger partial charge in [-0.05, 0) is 24.1 Å². The highest BCUT2D eigenvalue weighted by atomic mass is 19.1. The summed E-state index contributed by atoms with van der Waals surface area (Å²) in [6.07, 6.45) is 2.20. The van der Waals surface area contributed by atoms with E-state index in [-0.39, 0.29) is 5.82 Å². The van der Waals surface area contributed by atoms with Crippen LogP contribution < -0.4 is 0 Å². The maximum absolute atomic E-state index is 13.5. The number of hydrogen-bond donors (Lipinski definition) is 1. The van der Waals surface area contributed by atoms with Gasteiger partial charge in [-0.2, -0.15) is 0 Å². The zero-order valence-corrected chi connectivity index (χ0v) is 10.3. The topological polar surface area (TPSA) is 33.1 Å². The van der Waals surface area contributed by atoms with Crippen molar-refractivity contribution >= 4 is 0 Å². The Labute approximate surface area is 106 Å². The predicted molar refractivity (Wildman–Crippen MR) is 68.7 cm³/mol. The van der Waals surface area contributed by atoms with E-state index in [4.69, 9.17) is 0 Å². The molecule has 0 aliphatic heterocycles. The molecule has 3 heteroatoms. The first-order chi connectivity index (χ1) is 8.70. The number of aromatic nitrogens is 1. The van der Waals surface area contributed by atoms with Crippen molar-refractivity contribution in [3.8, 4) is 0 Å². The monoisotopic (exact) mass is 245 g/mol. The van der Waals surface area contributed by atoms with E-state index in [9.17, 15) is 9.50 Å². The Morgan fingerprint density at radius 1 is 1.22 bits per heavy atom. The van der Waals surface area contributed by atoms with E-state index in [2.05, 4.69) is 11.9 Å². The van der Waals surface area contributed by atoms with Crippen LogP contribution in [0.3, 0.4) is 0 Å². The lowest BCUT2D eigenvalue weighted by atomic mass is 10.0. The molecule has 1 atom stereocenters. The van der Waals surface area contributed by atoms with Crippen LogP contribution in [0.1, 0.15) is 29.8 Å². The summed E-state index contributed by atoms with van der Waals surface area (Å²) in [6.45, 7) is 2.06. The van der Waals surface area contributed by atoms with Crippen LogP contribution in [-0.4, -0.2) is 10.1 Å². The predicted octanol–water partition coefficient (Wildman–Crippen LogP) is 3.06. The minimum absolute atomic E-state index is 0.318. The number of hydrogen-bond acceptors (Lipinski definition) is 2. The highest BCUT2D eigenvalue weighted by Crippen LogP contribution is 2.20. The van der Waals surface area contributed by atoms with E-state index in [0.29, 0.717) is 12.0 Å². The van der Waals surface area contributed by atoms with Gasteiger partial charge in [0.2, 0.25) is 0 Å². The molecule has 2 rings (SSSR count). The summed E-state index contributed by atoms with van der Waals surface area (Å²) in [5, 5.41) is 10.0. The van der Waals surface area contributed by atoms with E-state index < -0.39 is 6.10 Å². The highest BCUT2D eigenvalue weighted by Gasteiger charge is 2.13. The number of aliphatic hydroxyl groups excluding tert-OH is 1. The van der Waals surface area contributed by atoms with Crippen molar-refractivity contribution in [2.75, 3.05) is 0 Å². The fourth-order valence-corrected chi connectivity index (χ4v) is 1.84. The van der Waals surface area contributed by atoms with Crippen molar-refractivity contribution in [1.82, 2.24) is 4.98 Å². The maximum Gasteiger partial charge on any atom is 0.129 e. The van der Waals surface area contributed by atoms with Crippen molar-refractivity contribution in [2.45, 2.75) is 25.9 Å². The number of pyridine rings is 1. The Kier molecular flexibility index (Phi) is 4.05. The lowest BCUT2D eigenvalue weighted by Gasteiger charge is -2.11. The van der Waals surface area contributed by atoms with Gasteiger partial charge < -0.3 is 5.11 Å². The van der Waals surface area contributed by atoms with E-state index >= 15 is 0 Å². The third-order valence-electron chi connectivity index (χ3n) is 2.96. The van der Waals surface area contributed by atoms with Gasteiger partial charge in [-0.15, -0.1) is 0 Å².